The van der Waals surface area contributed by atoms with Crippen LogP contribution < -0.4 is 5.32 Å². The Morgan fingerprint density at radius 2 is 1.73 bits per heavy atom. The van der Waals surface area contributed by atoms with Gasteiger partial charge in [0.25, 0.3) is 0 Å². The Hall–Kier alpha value is -1.61. The zero-order chi connectivity index (χ0) is 16.2. The van der Waals surface area contributed by atoms with Crippen LogP contribution in [0.1, 0.15) is 46.0 Å². The van der Waals surface area contributed by atoms with Gasteiger partial charge in [0.15, 0.2) is 0 Å². The zero-order valence-electron chi connectivity index (χ0n) is 13.6. The highest BCUT2D eigenvalue weighted by Crippen LogP contribution is 2.27. The monoisotopic (exact) mass is 306 g/mol. The highest BCUT2D eigenvalue weighted by atomic mass is 16.2. The van der Waals surface area contributed by atoms with Gasteiger partial charge in [-0.3, -0.25) is 14.5 Å². The summed E-state index contributed by atoms with van der Waals surface area (Å²) < 4.78 is 0. The summed E-state index contributed by atoms with van der Waals surface area (Å²) in [7, 11) is 0. The highest BCUT2D eigenvalue weighted by molar-refractivity contribution is 5.82. The Labute approximate surface area is 132 Å². The maximum absolute atomic E-state index is 12.5. The van der Waals surface area contributed by atoms with E-state index in [2.05, 4.69) is 16.3 Å². The van der Waals surface area contributed by atoms with E-state index in [0.29, 0.717) is 26.2 Å². The van der Waals surface area contributed by atoms with Gasteiger partial charge in [-0.05, 0) is 19.8 Å². The lowest BCUT2D eigenvalue weighted by Gasteiger charge is -2.39. The van der Waals surface area contributed by atoms with Crippen molar-refractivity contribution in [3.8, 4) is 6.07 Å². The molecular formula is C16H26N4O2. The van der Waals surface area contributed by atoms with Gasteiger partial charge in [-0.25, -0.2) is 0 Å². The van der Waals surface area contributed by atoms with Gasteiger partial charge >= 0.3 is 0 Å². The SMILES string of the molecule is CC(=O)N1CCN([C@H](C)C(=O)NC2(C#N)CCCCC2)CC1. The number of nitriles is 1. The summed E-state index contributed by atoms with van der Waals surface area (Å²) in [5.41, 5.74) is -0.676. The molecule has 2 aliphatic rings. The molecule has 22 heavy (non-hydrogen) atoms. The number of amides is 2. The highest BCUT2D eigenvalue weighted by Gasteiger charge is 2.36. The van der Waals surface area contributed by atoms with E-state index in [9.17, 15) is 14.9 Å². The van der Waals surface area contributed by atoms with Gasteiger partial charge in [0.1, 0.15) is 5.54 Å². The van der Waals surface area contributed by atoms with E-state index in [1.807, 2.05) is 6.92 Å². The largest absolute Gasteiger partial charge is 0.340 e. The number of carbonyl (C=O) groups is 2. The van der Waals surface area contributed by atoms with Gasteiger partial charge in [-0.15, -0.1) is 0 Å². The molecule has 0 aromatic heterocycles. The average Bonchev–Trinajstić information content (AvgIpc) is 2.55. The first-order chi connectivity index (χ1) is 10.5. The molecule has 1 aliphatic carbocycles. The molecule has 0 spiro atoms. The molecule has 0 radical (unpaired) electrons. The van der Waals surface area contributed by atoms with Gasteiger partial charge in [0.2, 0.25) is 11.8 Å². The molecule has 122 valence electrons. The minimum Gasteiger partial charge on any atom is -0.340 e. The average molecular weight is 306 g/mol. The number of hydrogen-bond acceptors (Lipinski definition) is 4. The Bertz CT molecular complexity index is 457. The lowest BCUT2D eigenvalue weighted by molar-refractivity contribution is -0.132. The van der Waals surface area contributed by atoms with Crippen LogP contribution >= 0.6 is 0 Å². The van der Waals surface area contributed by atoms with Crippen molar-refractivity contribution in [1.82, 2.24) is 15.1 Å². The third-order valence-electron chi connectivity index (χ3n) is 4.97. The molecule has 1 aliphatic heterocycles. The van der Waals surface area contributed by atoms with Crippen LogP contribution in [0.5, 0.6) is 0 Å². The Morgan fingerprint density at radius 1 is 1.14 bits per heavy atom. The van der Waals surface area contributed by atoms with Gasteiger partial charge in [-0.2, -0.15) is 5.26 Å². The van der Waals surface area contributed by atoms with E-state index in [-0.39, 0.29) is 17.9 Å². The zero-order valence-corrected chi connectivity index (χ0v) is 13.6. The summed E-state index contributed by atoms with van der Waals surface area (Å²) >= 11 is 0. The van der Waals surface area contributed by atoms with Gasteiger partial charge < -0.3 is 10.2 Å². The second kappa shape index (κ2) is 7.10. The number of nitrogens with one attached hydrogen (secondary N) is 1. The molecule has 1 saturated carbocycles. The fraction of sp³-hybridized carbons (Fsp3) is 0.812. The van der Waals surface area contributed by atoms with Crippen molar-refractivity contribution >= 4 is 11.8 Å². The molecular weight excluding hydrogens is 280 g/mol. The van der Waals surface area contributed by atoms with E-state index in [1.54, 1.807) is 11.8 Å². The van der Waals surface area contributed by atoms with E-state index in [1.165, 1.54) is 0 Å². The Kier molecular flexibility index (Phi) is 5.41. The van der Waals surface area contributed by atoms with E-state index < -0.39 is 5.54 Å². The lowest BCUT2D eigenvalue weighted by atomic mass is 9.82. The quantitative estimate of drug-likeness (QED) is 0.840. The van der Waals surface area contributed by atoms with Crippen LogP contribution in [-0.2, 0) is 9.59 Å². The molecule has 1 N–H and O–H groups in total. The second-order valence-corrected chi connectivity index (χ2v) is 6.46. The molecule has 0 bridgehead atoms. The fourth-order valence-electron chi connectivity index (χ4n) is 3.35. The van der Waals surface area contributed by atoms with Gasteiger partial charge in [-0.1, -0.05) is 19.3 Å². The summed E-state index contributed by atoms with van der Waals surface area (Å²) in [5.74, 6) is 0.0159. The number of rotatable bonds is 3. The van der Waals surface area contributed by atoms with Crippen molar-refractivity contribution < 1.29 is 9.59 Å². The topological polar surface area (TPSA) is 76.4 Å². The first-order valence-corrected chi connectivity index (χ1v) is 8.20. The van der Waals surface area contributed by atoms with E-state index in [0.717, 1.165) is 32.1 Å². The van der Waals surface area contributed by atoms with Crippen LogP contribution in [0.3, 0.4) is 0 Å². The second-order valence-electron chi connectivity index (χ2n) is 6.46. The summed E-state index contributed by atoms with van der Waals surface area (Å²) in [6.45, 7) is 6.19. The molecule has 6 nitrogen and oxygen atoms in total. The van der Waals surface area contributed by atoms with Crippen LogP contribution in [0.4, 0.5) is 0 Å². The van der Waals surface area contributed by atoms with E-state index in [4.69, 9.17) is 0 Å². The van der Waals surface area contributed by atoms with Crippen molar-refractivity contribution in [2.24, 2.45) is 0 Å². The first-order valence-electron chi connectivity index (χ1n) is 8.20. The first kappa shape index (κ1) is 16.8. The molecule has 2 rings (SSSR count). The van der Waals surface area contributed by atoms with Crippen molar-refractivity contribution in [2.75, 3.05) is 26.2 Å². The molecule has 2 fully saturated rings. The third-order valence-corrected chi connectivity index (χ3v) is 4.97. The van der Waals surface area contributed by atoms with Crippen LogP contribution in [0.25, 0.3) is 0 Å². The van der Waals surface area contributed by atoms with Gasteiger partial charge in [0.05, 0.1) is 12.1 Å². The molecule has 0 aromatic carbocycles. The van der Waals surface area contributed by atoms with Crippen LogP contribution in [0.15, 0.2) is 0 Å². The normalized spacial score (nSPS) is 23.4. The summed E-state index contributed by atoms with van der Waals surface area (Å²) in [5, 5.41) is 12.4. The number of piperazine rings is 1. The number of hydrogen-bond donors (Lipinski definition) is 1. The Balaban J connectivity index is 1.90. The molecule has 2 amide bonds. The minimum absolute atomic E-state index is 0.0697. The Morgan fingerprint density at radius 3 is 2.23 bits per heavy atom. The van der Waals surface area contributed by atoms with Crippen LogP contribution in [0, 0.1) is 11.3 Å². The van der Waals surface area contributed by atoms with Gasteiger partial charge in [0, 0.05) is 33.1 Å². The van der Waals surface area contributed by atoms with E-state index >= 15 is 0 Å². The maximum Gasteiger partial charge on any atom is 0.238 e. The standard InChI is InChI=1S/C16H26N4O2/c1-13(19-8-10-20(11-9-19)14(2)21)15(22)18-16(12-17)6-4-3-5-7-16/h13H,3-11H2,1-2H3,(H,18,22)/t13-/m1/s1. The summed E-state index contributed by atoms with van der Waals surface area (Å²) in [6, 6.07) is 2.06. The molecule has 1 saturated heterocycles. The molecule has 6 heteroatoms. The lowest BCUT2D eigenvalue weighted by Crippen LogP contribution is -2.58. The van der Waals surface area contributed by atoms with Crippen molar-refractivity contribution in [2.45, 2.75) is 57.5 Å². The summed E-state index contributed by atoms with van der Waals surface area (Å²) in [6.07, 6.45) is 4.64. The predicted octanol–water partition coefficient (Wildman–Crippen LogP) is 0.882. The summed E-state index contributed by atoms with van der Waals surface area (Å²) in [4.78, 5) is 27.7. The van der Waals surface area contributed by atoms with Crippen molar-refractivity contribution in [3.05, 3.63) is 0 Å². The van der Waals surface area contributed by atoms with Crippen molar-refractivity contribution in [3.63, 3.8) is 0 Å². The molecule has 1 heterocycles. The van der Waals surface area contributed by atoms with Crippen molar-refractivity contribution in [1.29, 1.82) is 5.26 Å². The molecule has 0 unspecified atom stereocenters. The van der Waals surface area contributed by atoms with Crippen LogP contribution in [-0.4, -0.2) is 59.4 Å². The third kappa shape index (κ3) is 3.77. The fourth-order valence-corrected chi connectivity index (χ4v) is 3.35. The molecule has 0 aromatic rings. The smallest absolute Gasteiger partial charge is 0.238 e. The maximum atomic E-state index is 12.5. The predicted molar refractivity (Wildman–Crippen MR) is 82.9 cm³/mol. The number of nitrogens with zero attached hydrogens (tertiary/aromatic N) is 3. The molecule has 1 atom stereocenters. The number of carbonyl (C=O) groups excluding carboxylic acids is 2. The minimum atomic E-state index is -0.676. The van der Waals surface area contributed by atoms with Crippen LogP contribution in [0.2, 0.25) is 0 Å².